The van der Waals surface area contributed by atoms with Crippen LogP contribution in [0.4, 0.5) is 5.69 Å². The quantitative estimate of drug-likeness (QED) is 0.753. The second-order valence-corrected chi connectivity index (χ2v) is 7.16. The Morgan fingerprint density at radius 2 is 2.16 bits per heavy atom. The van der Waals surface area contributed by atoms with Crippen LogP contribution in [-0.2, 0) is 10.8 Å². The third kappa shape index (κ3) is 3.38. The molecule has 1 aromatic carbocycles. The molecular weight excluding hydrogens is 362 g/mol. The van der Waals surface area contributed by atoms with Crippen molar-refractivity contribution in [3.05, 3.63) is 57.7 Å². The van der Waals surface area contributed by atoms with Gasteiger partial charge in [0.25, 0.3) is 5.56 Å². The van der Waals surface area contributed by atoms with Crippen LogP contribution in [0.2, 0.25) is 5.02 Å². The molecule has 7 nitrogen and oxygen atoms in total. The lowest BCUT2D eigenvalue weighted by atomic mass is 10.2. The number of anilines is 1. The average molecular weight is 374 g/mol. The molecule has 1 N–H and O–H groups in total. The fourth-order valence-electron chi connectivity index (χ4n) is 2.23. The summed E-state index contributed by atoms with van der Waals surface area (Å²) < 4.78 is 13.3. The molecule has 126 valence electrons. The summed E-state index contributed by atoms with van der Waals surface area (Å²) in [6.07, 6.45) is 2.63. The number of benzene rings is 1. The zero-order chi connectivity index (χ0) is 18.0. The lowest BCUT2D eigenvalue weighted by molar-refractivity contribution is 0.684. The van der Waals surface area contributed by atoms with Gasteiger partial charge in [-0.1, -0.05) is 18.5 Å². The van der Waals surface area contributed by atoms with Crippen molar-refractivity contribution in [3.63, 3.8) is 0 Å². The molecule has 3 aromatic rings. The molecule has 9 heteroatoms. The first-order valence-electron chi connectivity index (χ1n) is 7.26. The van der Waals surface area contributed by atoms with Gasteiger partial charge in [0.2, 0.25) is 0 Å². The molecule has 2 heterocycles. The van der Waals surface area contributed by atoms with Crippen LogP contribution < -0.4 is 11.0 Å². The van der Waals surface area contributed by atoms with Gasteiger partial charge >= 0.3 is 0 Å². The molecule has 1 unspecified atom stereocenters. The summed E-state index contributed by atoms with van der Waals surface area (Å²) in [6, 6.07) is 8.25. The molecule has 0 aliphatic heterocycles. The zero-order valence-corrected chi connectivity index (χ0v) is 14.6. The molecule has 0 aliphatic carbocycles. The highest BCUT2D eigenvalue weighted by atomic mass is 35.5. The van der Waals surface area contributed by atoms with Gasteiger partial charge in [0.05, 0.1) is 32.3 Å². The predicted molar refractivity (Wildman–Crippen MR) is 95.9 cm³/mol. The van der Waals surface area contributed by atoms with E-state index >= 15 is 0 Å². The Bertz CT molecular complexity index is 1090. The minimum absolute atomic E-state index is 0.203. The molecule has 25 heavy (non-hydrogen) atoms. The van der Waals surface area contributed by atoms with Crippen LogP contribution in [0, 0.1) is 11.3 Å². The monoisotopic (exact) mass is 373 g/mol. The number of nitrogens with one attached hydrogen (secondary N) is 1. The Kier molecular flexibility index (Phi) is 4.79. The molecule has 0 spiro atoms. The van der Waals surface area contributed by atoms with Gasteiger partial charge in [0.1, 0.15) is 12.4 Å². The molecule has 0 radical (unpaired) electrons. The van der Waals surface area contributed by atoms with Gasteiger partial charge in [-0.25, -0.2) is 14.6 Å². The molecule has 0 aliphatic rings. The smallest absolute Gasteiger partial charge is 0.281 e. The van der Waals surface area contributed by atoms with Crippen LogP contribution in [0.15, 0.2) is 46.5 Å². The summed E-state index contributed by atoms with van der Waals surface area (Å²) in [5.74, 6) is 0.427. The van der Waals surface area contributed by atoms with Crippen LogP contribution >= 0.6 is 11.6 Å². The number of pyridine rings is 1. The summed E-state index contributed by atoms with van der Waals surface area (Å²) in [7, 11) is -1.24. The number of nitrogens with zero attached hydrogens (tertiary/aromatic N) is 4. The number of nitriles is 1. The standard InChI is InChI=1S/C16H12ClN5O2S/c1-2-25(24)14-4-3-11(17)6-13(14)21-22-9-20-15-12(16(22)23)5-10(7-18)8-19-15/h3-6,8-9,21H,2H2,1H3. The highest BCUT2D eigenvalue weighted by Gasteiger charge is 2.12. The van der Waals surface area contributed by atoms with Crippen molar-refractivity contribution in [2.24, 2.45) is 0 Å². The molecule has 0 bridgehead atoms. The molecule has 0 saturated carbocycles. The van der Waals surface area contributed by atoms with E-state index in [4.69, 9.17) is 16.9 Å². The Labute approximate surface area is 150 Å². The highest BCUT2D eigenvalue weighted by molar-refractivity contribution is 7.85. The van der Waals surface area contributed by atoms with Crippen LogP contribution in [0.3, 0.4) is 0 Å². The minimum Gasteiger partial charge on any atom is -0.289 e. The maximum Gasteiger partial charge on any atom is 0.281 e. The third-order valence-electron chi connectivity index (χ3n) is 3.43. The van der Waals surface area contributed by atoms with E-state index in [1.54, 1.807) is 25.1 Å². The Hall–Kier alpha value is -2.76. The molecule has 1 atom stereocenters. The minimum atomic E-state index is -1.24. The van der Waals surface area contributed by atoms with E-state index in [1.807, 2.05) is 6.07 Å². The van der Waals surface area contributed by atoms with E-state index < -0.39 is 16.4 Å². The van der Waals surface area contributed by atoms with E-state index in [9.17, 15) is 9.00 Å². The Morgan fingerprint density at radius 3 is 2.88 bits per heavy atom. The zero-order valence-electron chi connectivity index (χ0n) is 13.1. The van der Waals surface area contributed by atoms with Crippen LogP contribution in [-0.4, -0.2) is 24.6 Å². The molecular formula is C16H12ClN5O2S. The number of hydrogen-bond acceptors (Lipinski definition) is 6. The fraction of sp³-hybridized carbons (Fsp3) is 0.125. The highest BCUT2D eigenvalue weighted by Crippen LogP contribution is 2.24. The van der Waals surface area contributed by atoms with E-state index in [0.29, 0.717) is 21.4 Å². The fourth-order valence-corrected chi connectivity index (χ4v) is 3.28. The number of hydrogen-bond donors (Lipinski definition) is 1. The first-order valence-corrected chi connectivity index (χ1v) is 8.95. The van der Waals surface area contributed by atoms with E-state index in [-0.39, 0.29) is 16.6 Å². The number of fused-ring (bicyclic) bond motifs is 1. The number of halogens is 1. The maximum absolute atomic E-state index is 12.6. The summed E-state index contributed by atoms with van der Waals surface area (Å²) in [6.45, 7) is 1.80. The van der Waals surface area contributed by atoms with Crippen molar-refractivity contribution in [1.29, 1.82) is 5.26 Å². The number of aromatic nitrogens is 3. The summed E-state index contributed by atoms with van der Waals surface area (Å²) in [5, 5.41) is 9.61. The second-order valence-electron chi connectivity index (χ2n) is 5.01. The summed E-state index contributed by atoms with van der Waals surface area (Å²) >= 11 is 6.02. The first-order chi connectivity index (χ1) is 12.0. The molecule has 0 amide bonds. The van der Waals surface area contributed by atoms with Crippen LogP contribution in [0.5, 0.6) is 0 Å². The third-order valence-corrected chi connectivity index (χ3v) is 5.04. The maximum atomic E-state index is 12.6. The largest absolute Gasteiger partial charge is 0.289 e. The summed E-state index contributed by atoms with van der Waals surface area (Å²) in [5.41, 5.74) is 3.40. The van der Waals surface area contributed by atoms with Gasteiger partial charge in [0.15, 0.2) is 5.65 Å². The van der Waals surface area contributed by atoms with Crippen LogP contribution in [0.1, 0.15) is 12.5 Å². The number of rotatable bonds is 4. The molecule has 0 saturated heterocycles. The molecule has 0 fully saturated rings. The van der Waals surface area contributed by atoms with Gasteiger partial charge in [-0.3, -0.25) is 14.4 Å². The summed E-state index contributed by atoms with van der Waals surface area (Å²) in [4.78, 5) is 21.3. The van der Waals surface area contributed by atoms with Crippen molar-refractivity contribution in [2.45, 2.75) is 11.8 Å². The van der Waals surface area contributed by atoms with Gasteiger partial charge in [0, 0.05) is 17.0 Å². The molecule has 3 rings (SSSR count). The lowest BCUT2D eigenvalue weighted by Gasteiger charge is -2.13. The Balaban J connectivity index is 2.12. The van der Waals surface area contributed by atoms with Crippen molar-refractivity contribution < 1.29 is 4.21 Å². The van der Waals surface area contributed by atoms with Gasteiger partial charge in [-0.15, -0.1) is 0 Å². The average Bonchev–Trinajstić information content (AvgIpc) is 2.63. The van der Waals surface area contributed by atoms with Gasteiger partial charge in [-0.05, 0) is 24.3 Å². The topological polar surface area (TPSA) is 101 Å². The Morgan fingerprint density at radius 1 is 1.36 bits per heavy atom. The predicted octanol–water partition coefficient (Wildman–Crippen LogP) is 2.32. The van der Waals surface area contributed by atoms with Crippen molar-refractivity contribution in [3.8, 4) is 6.07 Å². The van der Waals surface area contributed by atoms with Crippen LogP contribution in [0.25, 0.3) is 11.0 Å². The van der Waals surface area contributed by atoms with E-state index in [1.165, 1.54) is 18.6 Å². The van der Waals surface area contributed by atoms with Gasteiger partial charge < -0.3 is 0 Å². The van der Waals surface area contributed by atoms with E-state index in [0.717, 1.165) is 4.68 Å². The lowest BCUT2D eigenvalue weighted by Crippen LogP contribution is -2.27. The van der Waals surface area contributed by atoms with Crippen molar-refractivity contribution in [2.75, 3.05) is 11.2 Å². The molecule has 2 aromatic heterocycles. The first kappa shape index (κ1) is 17.1. The second kappa shape index (κ2) is 7.01. The normalized spacial score (nSPS) is 11.9. The van der Waals surface area contributed by atoms with Crippen molar-refractivity contribution >= 4 is 39.1 Å². The van der Waals surface area contributed by atoms with Crippen molar-refractivity contribution in [1.82, 2.24) is 14.6 Å². The SMILES string of the molecule is CCS(=O)c1ccc(Cl)cc1Nn1cnc2ncc(C#N)cc2c1=O. The van der Waals surface area contributed by atoms with Gasteiger partial charge in [-0.2, -0.15) is 5.26 Å². The van der Waals surface area contributed by atoms with E-state index in [2.05, 4.69) is 15.4 Å².